The smallest absolute Gasteiger partial charge is 0.220 e. The second-order valence-corrected chi connectivity index (χ2v) is 5.89. The highest BCUT2D eigenvalue weighted by Gasteiger charge is 2.26. The third-order valence-electron chi connectivity index (χ3n) is 4.59. The van der Waals surface area contributed by atoms with Crippen molar-refractivity contribution in [1.29, 1.82) is 0 Å². The number of ether oxygens (including phenoxy) is 1. The molecule has 0 unspecified atom stereocenters. The maximum atomic E-state index is 12.1. The summed E-state index contributed by atoms with van der Waals surface area (Å²) in [7, 11) is 0. The predicted octanol–water partition coefficient (Wildman–Crippen LogP) is 2.89. The molecule has 0 aromatic rings. The second kappa shape index (κ2) is 7.13. The normalized spacial score (nSPS) is 30.1. The standard InChI is InChI=1S/C15H27NO2/c1-2-13-5-3-4-6-14(13)16-15(17)11-12-7-9-18-10-8-12/h12-14H,2-11H2,1H3,(H,16,17)/t13-,14-/m1/s1. The van der Waals surface area contributed by atoms with E-state index in [1.807, 2.05) is 0 Å². The molecule has 3 nitrogen and oxygen atoms in total. The Hall–Kier alpha value is -0.570. The van der Waals surface area contributed by atoms with Gasteiger partial charge in [-0.2, -0.15) is 0 Å². The van der Waals surface area contributed by atoms with Gasteiger partial charge in [-0.05, 0) is 37.5 Å². The average molecular weight is 253 g/mol. The highest BCUT2D eigenvalue weighted by Crippen LogP contribution is 2.27. The summed E-state index contributed by atoms with van der Waals surface area (Å²) in [5.41, 5.74) is 0. The zero-order valence-corrected chi connectivity index (χ0v) is 11.6. The van der Waals surface area contributed by atoms with E-state index in [0.29, 0.717) is 24.3 Å². The monoisotopic (exact) mass is 253 g/mol. The quantitative estimate of drug-likeness (QED) is 0.836. The van der Waals surface area contributed by atoms with Gasteiger partial charge in [0.05, 0.1) is 0 Å². The molecular formula is C15H27NO2. The van der Waals surface area contributed by atoms with Gasteiger partial charge in [-0.15, -0.1) is 0 Å². The zero-order chi connectivity index (χ0) is 12.8. The lowest BCUT2D eigenvalue weighted by Crippen LogP contribution is -2.42. The van der Waals surface area contributed by atoms with Crippen LogP contribution in [-0.4, -0.2) is 25.2 Å². The molecule has 0 spiro atoms. The van der Waals surface area contributed by atoms with Crippen molar-refractivity contribution < 1.29 is 9.53 Å². The molecule has 0 aromatic heterocycles. The van der Waals surface area contributed by atoms with Gasteiger partial charge in [0, 0.05) is 25.7 Å². The van der Waals surface area contributed by atoms with Gasteiger partial charge in [-0.1, -0.05) is 26.2 Å². The highest BCUT2D eigenvalue weighted by molar-refractivity contribution is 5.76. The van der Waals surface area contributed by atoms with Crippen LogP contribution in [0, 0.1) is 11.8 Å². The lowest BCUT2D eigenvalue weighted by atomic mass is 9.82. The zero-order valence-electron chi connectivity index (χ0n) is 11.6. The van der Waals surface area contributed by atoms with E-state index in [1.54, 1.807) is 0 Å². The Morgan fingerprint density at radius 3 is 2.61 bits per heavy atom. The third kappa shape index (κ3) is 3.98. The summed E-state index contributed by atoms with van der Waals surface area (Å²) in [5, 5.41) is 3.29. The van der Waals surface area contributed by atoms with Crippen LogP contribution in [0.1, 0.15) is 58.3 Å². The van der Waals surface area contributed by atoms with Crippen LogP contribution in [0.5, 0.6) is 0 Å². The summed E-state index contributed by atoms with van der Waals surface area (Å²) < 4.78 is 5.33. The molecule has 2 fully saturated rings. The molecule has 1 saturated carbocycles. The Bertz CT molecular complexity index is 261. The maximum absolute atomic E-state index is 12.1. The van der Waals surface area contributed by atoms with Crippen LogP contribution in [0.25, 0.3) is 0 Å². The average Bonchev–Trinajstić information content (AvgIpc) is 2.40. The van der Waals surface area contributed by atoms with Crippen molar-refractivity contribution in [3.05, 3.63) is 0 Å². The number of amides is 1. The fourth-order valence-corrected chi connectivity index (χ4v) is 3.36. The molecule has 1 aliphatic heterocycles. The van der Waals surface area contributed by atoms with Crippen LogP contribution in [0.3, 0.4) is 0 Å². The van der Waals surface area contributed by atoms with Crippen molar-refractivity contribution >= 4 is 5.91 Å². The molecule has 1 aliphatic carbocycles. The largest absolute Gasteiger partial charge is 0.381 e. The first-order chi connectivity index (χ1) is 8.79. The van der Waals surface area contributed by atoms with Gasteiger partial charge < -0.3 is 10.1 Å². The minimum Gasteiger partial charge on any atom is -0.381 e. The Morgan fingerprint density at radius 1 is 1.17 bits per heavy atom. The third-order valence-corrected chi connectivity index (χ3v) is 4.59. The van der Waals surface area contributed by atoms with Gasteiger partial charge in [-0.25, -0.2) is 0 Å². The first-order valence-electron chi connectivity index (χ1n) is 7.66. The summed E-state index contributed by atoms with van der Waals surface area (Å²) in [6.45, 7) is 3.91. The van der Waals surface area contributed by atoms with Crippen molar-refractivity contribution in [3.8, 4) is 0 Å². The van der Waals surface area contributed by atoms with E-state index in [-0.39, 0.29) is 5.91 Å². The molecule has 1 amide bonds. The molecule has 1 saturated heterocycles. The highest BCUT2D eigenvalue weighted by atomic mass is 16.5. The first-order valence-corrected chi connectivity index (χ1v) is 7.66. The first kappa shape index (κ1) is 13.9. The number of carbonyl (C=O) groups is 1. The molecule has 0 aromatic carbocycles. The number of hydrogen-bond donors (Lipinski definition) is 1. The Labute approximate surface area is 111 Å². The molecule has 2 atom stereocenters. The van der Waals surface area contributed by atoms with E-state index >= 15 is 0 Å². The maximum Gasteiger partial charge on any atom is 0.220 e. The van der Waals surface area contributed by atoms with E-state index in [9.17, 15) is 4.79 Å². The summed E-state index contributed by atoms with van der Waals surface area (Å²) in [6.07, 6.45) is 9.09. The van der Waals surface area contributed by atoms with E-state index in [4.69, 9.17) is 4.74 Å². The lowest BCUT2D eigenvalue weighted by molar-refractivity contribution is -0.124. The van der Waals surface area contributed by atoms with Crippen molar-refractivity contribution in [2.75, 3.05) is 13.2 Å². The van der Waals surface area contributed by atoms with E-state index in [1.165, 1.54) is 32.1 Å². The van der Waals surface area contributed by atoms with Gasteiger partial charge in [-0.3, -0.25) is 4.79 Å². The molecule has 0 bridgehead atoms. The minimum atomic E-state index is 0.271. The summed E-state index contributed by atoms with van der Waals surface area (Å²) in [6, 6.07) is 0.441. The van der Waals surface area contributed by atoms with Crippen LogP contribution < -0.4 is 5.32 Å². The predicted molar refractivity (Wildman–Crippen MR) is 72.3 cm³/mol. The second-order valence-electron chi connectivity index (χ2n) is 5.89. The fraction of sp³-hybridized carbons (Fsp3) is 0.933. The van der Waals surface area contributed by atoms with E-state index in [2.05, 4.69) is 12.2 Å². The number of nitrogens with one attached hydrogen (secondary N) is 1. The van der Waals surface area contributed by atoms with Gasteiger partial charge >= 0.3 is 0 Å². The minimum absolute atomic E-state index is 0.271. The Kier molecular flexibility index (Phi) is 5.48. The lowest BCUT2D eigenvalue weighted by Gasteiger charge is -2.32. The summed E-state index contributed by atoms with van der Waals surface area (Å²) >= 11 is 0. The molecule has 0 radical (unpaired) electrons. The number of carbonyl (C=O) groups excluding carboxylic acids is 1. The molecule has 2 rings (SSSR count). The molecule has 104 valence electrons. The van der Waals surface area contributed by atoms with E-state index < -0.39 is 0 Å². The molecule has 18 heavy (non-hydrogen) atoms. The topological polar surface area (TPSA) is 38.3 Å². The van der Waals surface area contributed by atoms with Crippen molar-refractivity contribution in [1.82, 2.24) is 5.32 Å². The molecule has 3 heteroatoms. The van der Waals surface area contributed by atoms with Crippen LogP contribution in [0.2, 0.25) is 0 Å². The number of rotatable bonds is 4. The Balaban J connectivity index is 1.75. The SMILES string of the molecule is CC[C@@H]1CCCC[C@H]1NC(=O)CC1CCOCC1. The molecular weight excluding hydrogens is 226 g/mol. The van der Waals surface area contributed by atoms with Crippen LogP contribution >= 0.6 is 0 Å². The molecule has 1 heterocycles. The van der Waals surface area contributed by atoms with Crippen molar-refractivity contribution in [2.24, 2.45) is 11.8 Å². The summed E-state index contributed by atoms with van der Waals surface area (Å²) in [5.74, 6) is 1.52. The van der Waals surface area contributed by atoms with Crippen molar-refractivity contribution in [2.45, 2.75) is 64.3 Å². The van der Waals surface area contributed by atoms with Crippen LogP contribution in [-0.2, 0) is 9.53 Å². The van der Waals surface area contributed by atoms with Gasteiger partial charge in [0.2, 0.25) is 5.91 Å². The van der Waals surface area contributed by atoms with E-state index in [0.717, 1.165) is 26.1 Å². The van der Waals surface area contributed by atoms with Crippen LogP contribution in [0.15, 0.2) is 0 Å². The van der Waals surface area contributed by atoms with Crippen LogP contribution in [0.4, 0.5) is 0 Å². The van der Waals surface area contributed by atoms with Gasteiger partial charge in [0.15, 0.2) is 0 Å². The summed E-state index contributed by atoms with van der Waals surface area (Å²) in [4.78, 5) is 12.1. The molecule has 2 aliphatic rings. The van der Waals surface area contributed by atoms with Gasteiger partial charge in [0.1, 0.15) is 0 Å². The molecule has 1 N–H and O–H groups in total. The fourth-order valence-electron chi connectivity index (χ4n) is 3.36. The Morgan fingerprint density at radius 2 is 1.89 bits per heavy atom. The number of hydrogen-bond acceptors (Lipinski definition) is 2. The van der Waals surface area contributed by atoms with Gasteiger partial charge in [0.25, 0.3) is 0 Å². The van der Waals surface area contributed by atoms with Crippen molar-refractivity contribution in [3.63, 3.8) is 0 Å².